The Morgan fingerprint density at radius 1 is 1.20 bits per heavy atom. The van der Waals surface area contributed by atoms with E-state index in [0.29, 0.717) is 24.1 Å². The van der Waals surface area contributed by atoms with Crippen molar-refractivity contribution < 1.29 is 18.7 Å². The van der Waals surface area contributed by atoms with Crippen LogP contribution in [0, 0.1) is 11.7 Å². The highest BCUT2D eigenvalue weighted by atomic mass is 19.1. The molecule has 1 aromatic carbocycles. The summed E-state index contributed by atoms with van der Waals surface area (Å²) >= 11 is 0. The van der Waals surface area contributed by atoms with Gasteiger partial charge < -0.3 is 19.2 Å². The Hall–Kier alpha value is -4.72. The Bertz CT molecular complexity index is 1720. The van der Waals surface area contributed by atoms with Crippen LogP contribution < -0.4 is 10.1 Å². The summed E-state index contributed by atoms with van der Waals surface area (Å²) < 4.78 is 30.6. The van der Waals surface area contributed by atoms with Gasteiger partial charge in [0.1, 0.15) is 12.0 Å². The average molecular weight is 559 g/mol. The number of nitrogens with zero attached hydrogens (tertiary/aromatic N) is 9. The maximum atomic E-state index is 15.1. The summed E-state index contributed by atoms with van der Waals surface area (Å²) in [5.41, 5.74) is 4.97. The van der Waals surface area contributed by atoms with Crippen molar-refractivity contribution in [2.45, 2.75) is 38.3 Å². The lowest BCUT2D eigenvalue weighted by atomic mass is 9.97. The number of hydrogen-bond donors (Lipinski definition) is 1. The number of rotatable bonds is 10. The average Bonchev–Trinajstić information content (AvgIpc) is 3.30. The molecule has 0 atom stereocenters. The quantitative estimate of drug-likeness (QED) is 0.273. The molecule has 1 saturated carbocycles. The molecule has 1 aliphatic carbocycles. The van der Waals surface area contributed by atoms with Gasteiger partial charge in [-0.15, -0.1) is 10.2 Å². The van der Waals surface area contributed by atoms with E-state index in [1.54, 1.807) is 16.9 Å². The molecule has 2 fully saturated rings. The molecule has 41 heavy (non-hydrogen) atoms. The first-order valence-corrected chi connectivity index (χ1v) is 13.4. The largest absolute Gasteiger partial charge is 0.494 e. The molecule has 5 heterocycles. The molecule has 13 nitrogen and oxygen atoms in total. The summed E-state index contributed by atoms with van der Waals surface area (Å²) in [6.45, 7) is 1.79. The molecule has 4 aromatic heterocycles. The van der Waals surface area contributed by atoms with Gasteiger partial charge in [0.2, 0.25) is 0 Å². The lowest BCUT2D eigenvalue weighted by molar-refractivity contribution is -0.0311. The molecule has 210 valence electrons. The van der Waals surface area contributed by atoms with Crippen LogP contribution >= 0.6 is 0 Å². The van der Waals surface area contributed by atoms with E-state index in [9.17, 15) is 4.79 Å². The number of nitrogens with one attached hydrogen (secondary N) is 1. The van der Waals surface area contributed by atoms with E-state index in [2.05, 4.69) is 47.8 Å². The van der Waals surface area contributed by atoms with E-state index >= 15 is 4.39 Å². The Morgan fingerprint density at radius 2 is 2.07 bits per heavy atom. The number of ether oxygens (including phenoxy) is 2. The van der Waals surface area contributed by atoms with Crippen molar-refractivity contribution in [2.75, 3.05) is 20.3 Å². The zero-order valence-electron chi connectivity index (χ0n) is 22.3. The molecule has 2 aliphatic rings. The van der Waals surface area contributed by atoms with Crippen LogP contribution in [0.4, 0.5) is 4.39 Å². The van der Waals surface area contributed by atoms with Crippen molar-refractivity contribution in [3.8, 4) is 11.4 Å². The van der Waals surface area contributed by atoms with E-state index in [4.69, 9.17) is 14.5 Å². The van der Waals surface area contributed by atoms with Gasteiger partial charge in [0.25, 0.3) is 5.91 Å². The predicted molar refractivity (Wildman–Crippen MR) is 141 cm³/mol. The topological polar surface area (TPSA) is 139 Å². The second-order valence-electron chi connectivity index (χ2n) is 10.5. The second-order valence-corrected chi connectivity index (χ2v) is 10.5. The van der Waals surface area contributed by atoms with Gasteiger partial charge in [-0.3, -0.25) is 4.79 Å². The number of pyridine rings is 1. The lowest BCUT2D eigenvalue weighted by Gasteiger charge is -2.26. The second kappa shape index (κ2) is 10.4. The number of aromatic nitrogens is 9. The van der Waals surface area contributed by atoms with Crippen LogP contribution in [0.15, 0.2) is 43.1 Å². The van der Waals surface area contributed by atoms with E-state index in [1.165, 1.54) is 48.2 Å². The van der Waals surface area contributed by atoms with Crippen LogP contribution in [0.2, 0.25) is 0 Å². The molecule has 5 aromatic rings. The Morgan fingerprint density at radius 3 is 2.80 bits per heavy atom. The SMILES string of the molecule is COc1ccc(-n2cnnn2)c(CNC(=O)c2cn(Cc3cn4cc(C5CC5)cc(CC5COC5)c4n3)nn2)c1F. The fourth-order valence-corrected chi connectivity index (χ4v) is 5.13. The number of carbonyl (C=O) groups excluding carboxylic acids is 1. The van der Waals surface area contributed by atoms with Crippen LogP contribution in [0.1, 0.15) is 51.6 Å². The summed E-state index contributed by atoms with van der Waals surface area (Å²) in [5, 5.41) is 21.9. The lowest BCUT2D eigenvalue weighted by Crippen LogP contribution is -2.29. The zero-order valence-corrected chi connectivity index (χ0v) is 22.3. The molecule has 0 unspecified atom stereocenters. The van der Waals surface area contributed by atoms with Crippen molar-refractivity contribution >= 4 is 11.6 Å². The first kappa shape index (κ1) is 25.3. The Balaban J connectivity index is 1.07. The zero-order chi connectivity index (χ0) is 27.9. The van der Waals surface area contributed by atoms with Crippen LogP contribution in [0.3, 0.4) is 0 Å². The van der Waals surface area contributed by atoms with Crippen molar-refractivity contribution in [3.63, 3.8) is 0 Å². The number of hydrogen-bond acceptors (Lipinski definition) is 9. The standard InChI is InChI=1S/C27H27FN10O3/c1-40-24-5-4-23(38-15-30-33-35-38)21(25(24)28)8-29-27(39)22-12-37(34-32-22)11-20-10-36-9-19(17-2-3-17)7-18(26(36)31-20)6-16-13-41-14-16/h4-5,7,9-10,12,15-17H,2-3,6,8,11,13-14H2,1H3,(H,29,39). The summed E-state index contributed by atoms with van der Waals surface area (Å²) in [6.07, 6.45) is 10.5. The summed E-state index contributed by atoms with van der Waals surface area (Å²) in [6, 6.07) is 5.39. The third kappa shape index (κ3) is 5.01. The van der Waals surface area contributed by atoms with Gasteiger partial charge in [0.15, 0.2) is 17.3 Å². The highest BCUT2D eigenvalue weighted by Crippen LogP contribution is 2.41. The summed E-state index contributed by atoms with van der Waals surface area (Å²) in [7, 11) is 1.37. The van der Waals surface area contributed by atoms with Crippen LogP contribution in [0.5, 0.6) is 5.75 Å². The fourth-order valence-electron chi connectivity index (χ4n) is 5.13. The molecule has 1 aliphatic heterocycles. The molecular weight excluding hydrogens is 531 g/mol. The van der Waals surface area contributed by atoms with Crippen LogP contribution in [-0.2, 0) is 24.2 Å². The molecule has 0 bridgehead atoms. The molecule has 7 rings (SSSR count). The highest BCUT2D eigenvalue weighted by Gasteiger charge is 2.27. The summed E-state index contributed by atoms with van der Waals surface area (Å²) in [5.74, 6) is 0.0742. The van der Waals surface area contributed by atoms with Gasteiger partial charge in [-0.2, -0.15) is 0 Å². The smallest absolute Gasteiger partial charge is 0.273 e. The molecule has 0 spiro atoms. The first-order valence-electron chi connectivity index (χ1n) is 13.4. The predicted octanol–water partition coefficient (Wildman–Crippen LogP) is 2.09. The van der Waals surface area contributed by atoms with E-state index in [1.807, 2.05) is 6.20 Å². The Labute approximate surface area is 233 Å². The van der Waals surface area contributed by atoms with Gasteiger partial charge in [0.05, 0.1) is 44.4 Å². The van der Waals surface area contributed by atoms with Crippen molar-refractivity contribution in [3.05, 3.63) is 77.0 Å². The third-order valence-corrected chi connectivity index (χ3v) is 7.48. The molecule has 1 saturated heterocycles. The number of imidazole rings is 1. The van der Waals surface area contributed by atoms with E-state index in [-0.39, 0.29) is 23.6 Å². The van der Waals surface area contributed by atoms with Gasteiger partial charge in [-0.05, 0) is 58.9 Å². The van der Waals surface area contributed by atoms with Crippen molar-refractivity contribution in [2.24, 2.45) is 5.92 Å². The fraction of sp³-hybridized carbons (Fsp3) is 0.370. The molecule has 1 amide bonds. The molecule has 14 heteroatoms. The summed E-state index contributed by atoms with van der Waals surface area (Å²) in [4.78, 5) is 17.8. The number of carbonyl (C=O) groups is 1. The monoisotopic (exact) mass is 558 g/mol. The maximum absolute atomic E-state index is 15.1. The minimum Gasteiger partial charge on any atom is -0.494 e. The normalized spacial score (nSPS) is 15.3. The first-order chi connectivity index (χ1) is 20.1. The molecular formula is C27H27FN10O3. The minimum atomic E-state index is -0.620. The van der Waals surface area contributed by atoms with Gasteiger partial charge >= 0.3 is 0 Å². The van der Waals surface area contributed by atoms with Gasteiger partial charge in [-0.1, -0.05) is 11.3 Å². The van der Waals surface area contributed by atoms with Crippen LogP contribution in [0.25, 0.3) is 11.3 Å². The third-order valence-electron chi connectivity index (χ3n) is 7.48. The van der Waals surface area contributed by atoms with E-state index in [0.717, 1.165) is 31.0 Å². The number of amides is 1. The van der Waals surface area contributed by atoms with Gasteiger partial charge in [0, 0.05) is 30.4 Å². The Kier molecular flexibility index (Phi) is 6.38. The van der Waals surface area contributed by atoms with Crippen molar-refractivity contribution in [1.29, 1.82) is 0 Å². The molecule has 0 radical (unpaired) electrons. The van der Waals surface area contributed by atoms with E-state index < -0.39 is 11.7 Å². The van der Waals surface area contributed by atoms with Crippen molar-refractivity contribution in [1.82, 2.24) is 49.9 Å². The minimum absolute atomic E-state index is 0.0397. The highest BCUT2D eigenvalue weighted by molar-refractivity contribution is 5.91. The molecule has 1 N–H and O–H groups in total. The number of halogens is 1. The number of methoxy groups -OCH3 is 1. The number of fused-ring (bicyclic) bond motifs is 1. The van der Waals surface area contributed by atoms with Gasteiger partial charge in [-0.25, -0.2) is 18.7 Å². The number of benzene rings is 1. The van der Waals surface area contributed by atoms with Crippen LogP contribution in [-0.4, -0.2) is 70.8 Å². The maximum Gasteiger partial charge on any atom is 0.273 e. The number of tetrazole rings is 1.